The van der Waals surface area contributed by atoms with Crippen LogP contribution in [0.1, 0.15) is 19.8 Å². The molecule has 56 valence electrons. The van der Waals surface area contributed by atoms with Gasteiger partial charge in [0.25, 0.3) is 0 Å². The topological polar surface area (TPSA) is 3.24 Å². The van der Waals surface area contributed by atoms with Crippen LogP contribution in [-0.4, -0.2) is 30.6 Å². The number of thioether (sulfide) groups is 1. The third kappa shape index (κ3) is 3.82. The standard InChI is InChI=1S/C7H17NS/c1-5-6-7(9-4)8(2)3/h7H,5-6H2,1-4H3. The van der Waals surface area contributed by atoms with Gasteiger partial charge in [-0.3, -0.25) is 4.90 Å². The molecular weight excluding hydrogens is 130 g/mol. The summed E-state index contributed by atoms with van der Waals surface area (Å²) < 4.78 is 0. The highest BCUT2D eigenvalue weighted by molar-refractivity contribution is 7.99. The van der Waals surface area contributed by atoms with E-state index >= 15 is 0 Å². The van der Waals surface area contributed by atoms with Crippen molar-refractivity contribution in [3.8, 4) is 0 Å². The smallest absolute Gasteiger partial charge is 0.0549 e. The molecule has 2 heteroatoms. The molecule has 0 heterocycles. The molecule has 0 saturated heterocycles. The lowest BCUT2D eigenvalue weighted by Gasteiger charge is -2.20. The molecule has 0 bridgehead atoms. The maximum Gasteiger partial charge on any atom is 0.0549 e. The second-order valence-corrected chi connectivity index (χ2v) is 3.46. The van der Waals surface area contributed by atoms with Crippen molar-refractivity contribution in [2.24, 2.45) is 0 Å². The lowest BCUT2D eigenvalue weighted by molar-refractivity contribution is 0.366. The van der Waals surface area contributed by atoms with Crippen molar-refractivity contribution >= 4 is 11.8 Å². The molecule has 0 aromatic rings. The van der Waals surface area contributed by atoms with Crippen LogP contribution in [0.3, 0.4) is 0 Å². The van der Waals surface area contributed by atoms with E-state index in [-0.39, 0.29) is 0 Å². The molecule has 9 heavy (non-hydrogen) atoms. The van der Waals surface area contributed by atoms with E-state index in [1.807, 2.05) is 11.8 Å². The second-order valence-electron chi connectivity index (χ2n) is 2.44. The van der Waals surface area contributed by atoms with Gasteiger partial charge < -0.3 is 0 Å². The third-order valence-corrected chi connectivity index (χ3v) is 2.59. The van der Waals surface area contributed by atoms with Gasteiger partial charge in [-0.15, -0.1) is 11.8 Å². The van der Waals surface area contributed by atoms with E-state index in [2.05, 4.69) is 32.2 Å². The normalized spacial score (nSPS) is 14.3. The number of rotatable bonds is 4. The molecule has 0 aliphatic carbocycles. The monoisotopic (exact) mass is 147 g/mol. The summed E-state index contributed by atoms with van der Waals surface area (Å²) >= 11 is 1.93. The summed E-state index contributed by atoms with van der Waals surface area (Å²) in [7, 11) is 4.27. The van der Waals surface area contributed by atoms with Gasteiger partial charge in [0, 0.05) is 0 Å². The first-order valence-corrected chi connectivity index (χ1v) is 4.70. The Morgan fingerprint density at radius 3 is 2.11 bits per heavy atom. The van der Waals surface area contributed by atoms with Gasteiger partial charge in [0.05, 0.1) is 5.37 Å². The van der Waals surface area contributed by atoms with E-state index in [0.29, 0.717) is 0 Å². The minimum absolute atomic E-state index is 0.718. The van der Waals surface area contributed by atoms with Crippen molar-refractivity contribution in [1.29, 1.82) is 0 Å². The molecule has 1 unspecified atom stereocenters. The van der Waals surface area contributed by atoms with E-state index in [0.717, 1.165) is 5.37 Å². The van der Waals surface area contributed by atoms with Crippen molar-refractivity contribution in [3.63, 3.8) is 0 Å². The van der Waals surface area contributed by atoms with Crippen LogP contribution < -0.4 is 0 Å². The van der Waals surface area contributed by atoms with Crippen LogP contribution >= 0.6 is 11.8 Å². The van der Waals surface area contributed by atoms with Crippen LogP contribution in [0.5, 0.6) is 0 Å². The van der Waals surface area contributed by atoms with Gasteiger partial charge in [-0.2, -0.15) is 0 Å². The Hall–Kier alpha value is 0.310. The SMILES string of the molecule is CCCC(SC)N(C)C. The van der Waals surface area contributed by atoms with Gasteiger partial charge in [-0.25, -0.2) is 0 Å². The van der Waals surface area contributed by atoms with E-state index in [1.54, 1.807) is 0 Å². The Balaban J connectivity index is 3.41. The molecule has 0 fully saturated rings. The maximum atomic E-state index is 2.27. The summed E-state index contributed by atoms with van der Waals surface area (Å²) in [6, 6.07) is 0. The predicted molar refractivity (Wildman–Crippen MR) is 45.9 cm³/mol. The van der Waals surface area contributed by atoms with Crippen molar-refractivity contribution < 1.29 is 0 Å². The van der Waals surface area contributed by atoms with Gasteiger partial charge in [0.2, 0.25) is 0 Å². The quantitative estimate of drug-likeness (QED) is 0.560. The van der Waals surface area contributed by atoms with E-state index < -0.39 is 0 Å². The van der Waals surface area contributed by atoms with E-state index in [9.17, 15) is 0 Å². The third-order valence-electron chi connectivity index (χ3n) is 1.38. The lowest BCUT2D eigenvalue weighted by Crippen LogP contribution is -2.23. The molecule has 0 radical (unpaired) electrons. The van der Waals surface area contributed by atoms with Crippen molar-refractivity contribution in [2.75, 3.05) is 20.4 Å². The Morgan fingerprint density at radius 2 is 2.00 bits per heavy atom. The molecule has 0 aliphatic rings. The molecule has 1 nitrogen and oxygen atoms in total. The minimum Gasteiger partial charge on any atom is -0.298 e. The average Bonchev–Trinajstić information content (AvgIpc) is 1.82. The van der Waals surface area contributed by atoms with E-state index in [4.69, 9.17) is 0 Å². The summed E-state index contributed by atoms with van der Waals surface area (Å²) in [5, 5.41) is 0.718. The summed E-state index contributed by atoms with van der Waals surface area (Å²) in [6.45, 7) is 2.23. The first kappa shape index (κ1) is 9.31. The average molecular weight is 147 g/mol. The Kier molecular flexibility index (Phi) is 5.30. The molecular formula is C7H17NS. The van der Waals surface area contributed by atoms with Crippen LogP contribution in [0.2, 0.25) is 0 Å². The zero-order valence-electron chi connectivity index (χ0n) is 6.85. The highest BCUT2D eigenvalue weighted by Crippen LogP contribution is 2.14. The largest absolute Gasteiger partial charge is 0.298 e. The molecule has 1 atom stereocenters. The molecule has 0 saturated carbocycles. The highest BCUT2D eigenvalue weighted by Gasteiger charge is 2.05. The fraction of sp³-hybridized carbons (Fsp3) is 1.00. The molecule has 0 amide bonds. The molecule has 0 spiro atoms. The van der Waals surface area contributed by atoms with Crippen molar-refractivity contribution in [1.82, 2.24) is 4.90 Å². The summed E-state index contributed by atoms with van der Waals surface area (Å²) in [5.41, 5.74) is 0. The lowest BCUT2D eigenvalue weighted by atomic mass is 10.3. The van der Waals surface area contributed by atoms with Crippen LogP contribution in [0.25, 0.3) is 0 Å². The van der Waals surface area contributed by atoms with Crippen molar-refractivity contribution in [3.05, 3.63) is 0 Å². The van der Waals surface area contributed by atoms with Crippen LogP contribution in [-0.2, 0) is 0 Å². The van der Waals surface area contributed by atoms with Crippen molar-refractivity contribution in [2.45, 2.75) is 25.1 Å². The molecule has 0 aromatic carbocycles. The van der Waals surface area contributed by atoms with Crippen LogP contribution in [0.4, 0.5) is 0 Å². The van der Waals surface area contributed by atoms with Gasteiger partial charge in [-0.05, 0) is 26.8 Å². The number of hydrogen-bond acceptors (Lipinski definition) is 2. The fourth-order valence-electron chi connectivity index (χ4n) is 0.834. The molecule has 0 N–H and O–H groups in total. The highest BCUT2D eigenvalue weighted by atomic mass is 32.2. The van der Waals surface area contributed by atoms with Gasteiger partial charge in [-0.1, -0.05) is 13.3 Å². The summed E-state index contributed by atoms with van der Waals surface area (Å²) in [4.78, 5) is 2.27. The molecule has 0 aliphatic heterocycles. The zero-order chi connectivity index (χ0) is 7.28. The molecule has 0 aromatic heterocycles. The predicted octanol–water partition coefficient (Wildman–Crippen LogP) is 2.04. The zero-order valence-corrected chi connectivity index (χ0v) is 7.66. The van der Waals surface area contributed by atoms with E-state index in [1.165, 1.54) is 12.8 Å². The van der Waals surface area contributed by atoms with Gasteiger partial charge >= 0.3 is 0 Å². The van der Waals surface area contributed by atoms with Crippen LogP contribution in [0, 0.1) is 0 Å². The fourth-order valence-corrected chi connectivity index (χ4v) is 1.73. The Bertz CT molecular complexity index is 63.9. The molecule has 0 rings (SSSR count). The minimum atomic E-state index is 0.718. The first-order valence-electron chi connectivity index (χ1n) is 3.41. The Morgan fingerprint density at radius 1 is 1.44 bits per heavy atom. The summed E-state index contributed by atoms with van der Waals surface area (Å²) in [5.74, 6) is 0. The van der Waals surface area contributed by atoms with Crippen LogP contribution in [0.15, 0.2) is 0 Å². The number of nitrogens with zero attached hydrogens (tertiary/aromatic N) is 1. The first-order chi connectivity index (χ1) is 4.22. The summed E-state index contributed by atoms with van der Waals surface area (Å²) in [6.07, 6.45) is 4.75. The second kappa shape index (κ2) is 5.12. The Labute approximate surface area is 62.8 Å². The number of hydrogen-bond donors (Lipinski definition) is 0. The van der Waals surface area contributed by atoms with Gasteiger partial charge in [0.1, 0.15) is 0 Å². The maximum absolute atomic E-state index is 2.27. The van der Waals surface area contributed by atoms with Gasteiger partial charge in [0.15, 0.2) is 0 Å².